The number of carbonyl (C=O) groups excluding carboxylic acids is 2. The van der Waals surface area contributed by atoms with Crippen LogP contribution in [0.5, 0.6) is 28.7 Å². The van der Waals surface area contributed by atoms with Crippen LogP contribution in [0.25, 0.3) is 0 Å². The van der Waals surface area contributed by atoms with Crippen molar-refractivity contribution in [1.82, 2.24) is 5.32 Å². The van der Waals surface area contributed by atoms with Gasteiger partial charge in [-0.25, -0.2) is 0 Å². The van der Waals surface area contributed by atoms with E-state index in [1.54, 1.807) is 71.9 Å². The van der Waals surface area contributed by atoms with E-state index in [0.29, 0.717) is 63.3 Å². The Morgan fingerprint density at radius 3 is 2.07 bits per heavy atom. The first kappa shape index (κ1) is 29.6. The minimum Gasteiger partial charge on any atom is -0.497 e. The van der Waals surface area contributed by atoms with Gasteiger partial charge in [0.1, 0.15) is 17.2 Å². The lowest BCUT2D eigenvalue weighted by molar-refractivity contribution is -0.116. The van der Waals surface area contributed by atoms with E-state index < -0.39 is 5.92 Å². The van der Waals surface area contributed by atoms with E-state index in [-0.39, 0.29) is 24.0 Å². The summed E-state index contributed by atoms with van der Waals surface area (Å²) in [6.07, 6.45) is 0.843. The Labute approximate surface area is 251 Å². The third-order valence-corrected chi connectivity index (χ3v) is 8.05. The minimum absolute atomic E-state index is 0.0503. The van der Waals surface area contributed by atoms with E-state index in [2.05, 4.69) is 10.6 Å². The number of hydrogen-bond donors (Lipinski definition) is 2. The van der Waals surface area contributed by atoms with Crippen LogP contribution in [0, 0.1) is 0 Å². The molecule has 3 aromatic rings. The van der Waals surface area contributed by atoms with E-state index in [4.69, 9.17) is 23.7 Å². The fourth-order valence-corrected chi connectivity index (χ4v) is 5.93. The van der Waals surface area contributed by atoms with Crippen molar-refractivity contribution in [3.8, 4) is 28.7 Å². The highest BCUT2D eigenvalue weighted by molar-refractivity contribution is 6.10. The second-order valence-corrected chi connectivity index (χ2v) is 10.4. The smallest absolute Gasteiger partial charge is 0.254 e. The summed E-state index contributed by atoms with van der Waals surface area (Å²) in [7, 11) is 7.93. The maximum atomic E-state index is 14.1. The molecule has 0 fully saturated rings. The lowest BCUT2D eigenvalue weighted by Gasteiger charge is -2.37. The second-order valence-electron chi connectivity index (χ2n) is 10.4. The summed E-state index contributed by atoms with van der Waals surface area (Å²) < 4.78 is 27.5. The normalized spacial score (nSPS) is 18.0. The number of benzene rings is 3. The van der Waals surface area contributed by atoms with Crippen LogP contribution in [0.3, 0.4) is 0 Å². The van der Waals surface area contributed by atoms with Crippen molar-refractivity contribution in [2.24, 2.45) is 0 Å². The van der Waals surface area contributed by atoms with Crippen LogP contribution < -0.4 is 34.3 Å². The highest BCUT2D eigenvalue weighted by Gasteiger charge is 2.42. The Morgan fingerprint density at radius 1 is 0.767 bits per heavy atom. The molecule has 5 rings (SSSR count). The van der Waals surface area contributed by atoms with Gasteiger partial charge in [-0.1, -0.05) is 6.07 Å². The molecular formula is C34H36N2O7. The zero-order valence-corrected chi connectivity index (χ0v) is 25.2. The fourth-order valence-electron chi connectivity index (χ4n) is 5.93. The molecule has 0 aromatic heterocycles. The van der Waals surface area contributed by atoms with Gasteiger partial charge in [0.15, 0.2) is 17.3 Å². The summed E-state index contributed by atoms with van der Waals surface area (Å²) in [6.45, 7) is 1.86. The van der Waals surface area contributed by atoms with Gasteiger partial charge >= 0.3 is 0 Å². The molecule has 2 atom stereocenters. The third kappa shape index (κ3) is 5.75. The SMILES string of the molecule is COc1ccc(NC(=O)C2=C(C)NC3=C(C(=O)C[C@H](c4ccc(OC)c(OC)c4)C3)[C@H]2c2cc(OC)ccc2OC)cc1. The number of amides is 1. The first-order chi connectivity index (χ1) is 20.8. The Balaban J connectivity index is 1.59. The van der Waals surface area contributed by atoms with Gasteiger partial charge in [-0.15, -0.1) is 0 Å². The Morgan fingerprint density at radius 2 is 1.42 bits per heavy atom. The molecule has 1 amide bonds. The first-order valence-corrected chi connectivity index (χ1v) is 13.9. The van der Waals surface area contributed by atoms with Crippen LogP contribution in [0.1, 0.15) is 42.7 Å². The number of methoxy groups -OCH3 is 5. The molecule has 0 unspecified atom stereocenters. The molecule has 224 valence electrons. The predicted molar refractivity (Wildman–Crippen MR) is 163 cm³/mol. The molecule has 9 heteroatoms. The fraction of sp³-hybridized carbons (Fsp3) is 0.294. The van der Waals surface area contributed by atoms with E-state index in [1.165, 1.54) is 0 Å². The van der Waals surface area contributed by atoms with Gasteiger partial charge in [0.2, 0.25) is 0 Å². The largest absolute Gasteiger partial charge is 0.497 e. The van der Waals surface area contributed by atoms with Crippen molar-refractivity contribution < 1.29 is 33.3 Å². The standard InChI is InChI=1S/C34H36N2O7/c1-19-31(34(38)36-22-8-10-23(39-2)11-9-22)32(25-18-24(40-3)12-14-28(25)41-4)33-26(35-19)15-21(16-27(33)37)20-7-13-29(42-5)30(17-20)43-6/h7-14,17-18,21,32,35H,15-16H2,1-6H3,(H,36,38)/t21-,32+/m1/s1. The number of nitrogens with one attached hydrogen (secondary N) is 2. The Hall–Kier alpha value is -4.92. The second kappa shape index (κ2) is 12.5. The molecule has 1 aliphatic heterocycles. The molecule has 3 aromatic carbocycles. The number of ether oxygens (including phenoxy) is 5. The maximum Gasteiger partial charge on any atom is 0.254 e. The summed E-state index contributed by atoms with van der Waals surface area (Å²) >= 11 is 0. The van der Waals surface area contributed by atoms with Crippen molar-refractivity contribution in [1.29, 1.82) is 0 Å². The molecule has 1 heterocycles. The van der Waals surface area contributed by atoms with Gasteiger partial charge in [-0.2, -0.15) is 0 Å². The van der Waals surface area contributed by atoms with E-state index in [0.717, 1.165) is 11.3 Å². The van der Waals surface area contributed by atoms with Gasteiger partial charge in [-0.05, 0) is 79.4 Å². The molecule has 43 heavy (non-hydrogen) atoms. The number of rotatable bonds is 9. The number of allylic oxidation sites excluding steroid dienone is 3. The molecule has 1 aliphatic carbocycles. The number of hydrogen-bond acceptors (Lipinski definition) is 8. The molecule has 2 aliphatic rings. The highest BCUT2D eigenvalue weighted by atomic mass is 16.5. The predicted octanol–water partition coefficient (Wildman–Crippen LogP) is 5.73. The van der Waals surface area contributed by atoms with Gasteiger partial charge < -0.3 is 34.3 Å². The van der Waals surface area contributed by atoms with Crippen LogP contribution in [-0.4, -0.2) is 47.2 Å². The van der Waals surface area contributed by atoms with Crippen LogP contribution in [0.2, 0.25) is 0 Å². The van der Waals surface area contributed by atoms with Gasteiger partial charge in [0.25, 0.3) is 5.91 Å². The Kier molecular flexibility index (Phi) is 8.61. The van der Waals surface area contributed by atoms with Crippen LogP contribution in [0.15, 0.2) is 83.2 Å². The average Bonchev–Trinajstić information content (AvgIpc) is 3.03. The lowest BCUT2D eigenvalue weighted by Crippen LogP contribution is -2.37. The molecule has 0 radical (unpaired) electrons. The quantitative estimate of drug-likeness (QED) is 0.329. The molecular weight excluding hydrogens is 548 g/mol. The number of dihydropyridines is 1. The molecule has 0 saturated heterocycles. The van der Waals surface area contributed by atoms with E-state index in [1.807, 2.05) is 31.2 Å². The number of anilines is 1. The number of Topliss-reactive ketones (excluding diaryl/α,β-unsaturated/α-hetero) is 1. The molecule has 0 saturated carbocycles. The minimum atomic E-state index is -0.682. The van der Waals surface area contributed by atoms with E-state index in [9.17, 15) is 9.59 Å². The lowest BCUT2D eigenvalue weighted by atomic mass is 9.71. The molecule has 0 bridgehead atoms. The van der Waals surface area contributed by atoms with Crippen molar-refractivity contribution in [3.05, 3.63) is 94.3 Å². The van der Waals surface area contributed by atoms with Crippen molar-refractivity contribution in [2.75, 3.05) is 40.9 Å². The van der Waals surface area contributed by atoms with Gasteiger partial charge in [0, 0.05) is 40.2 Å². The topological polar surface area (TPSA) is 104 Å². The average molecular weight is 585 g/mol. The third-order valence-electron chi connectivity index (χ3n) is 8.05. The zero-order chi connectivity index (χ0) is 30.7. The monoisotopic (exact) mass is 584 g/mol. The molecule has 0 spiro atoms. The maximum absolute atomic E-state index is 14.1. The Bertz CT molecular complexity index is 1610. The summed E-state index contributed by atoms with van der Waals surface area (Å²) in [6, 6.07) is 18.3. The van der Waals surface area contributed by atoms with Crippen molar-refractivity contribution >= 4 is 17.4 Å². The zero-order valence-electron chi connectivity index (χ0n) is 25.2. The number of ketones is 1. The highest BCUT2D eigenvalue weighted by Crippen LogP contribution is 2.49. The molecule has 2 N–H and O–H groups in total. The van der Waals surface area contributed by atoms with Gasteiger partial charge in [-0.3, -0.25) is 9.59 Å². The summed E-state index contributed by atoms with van der Waals surface area (Å²) in [5, 5.41) is 6.43. The summed E-state index contributed by atoms with van der Waals surface area (Å²) in [5.74, 6) is 1.91. The summed E-state index contributed by atoms with van der Waals surface area (Å²) in [4.78, 5) is 28.1. The number of carbonyl (C=O) groups is 2. The van der Waals surface area contributed by atoms with Gasteiger partial charge in [0.05, 0.1) is 41.5 Å². The van der Waals surface area contributed by atoms with Crippen LogP contribution in [0.4, 0.5) is 5.69 Å². The van der Waals surface area contributed by atoms with E-state index >= 15 is 0 Å². The van der Waals surface area contributed by atoms with Crippen molar-refractivity contribution in [3.63, 3.8) is 0 Å². The summed E-state index contributed by atoms with van der Waals surface area (Å²) in [5.41, 5.74) is 4.66. The van der Waals surface area contributed by atoms with Crippen LogP contribution >= 0.6 is 0 Å². The van der Waals surface area contributed by atoms with Crippen LogP contribution in [-0.2, 0) is 9.59 Å². The van der Waals surface area contributed by atoms with Crippen molar-refractivity contribution in [2.45, 2.75) is 31.6 Å². The first-order valence-electron chi connectivity index (χ1n) is 13.9. The molecule has 9 nitrogen and oxygen atoms in total.